The van der Waals surface area contributed by atoms with Crippen LogP contribution in [0.2, 0.25) is 0 Å². The van der Waals surface area contributed by atoms with Crippen molar-refractivity contribution in [1.29, 1.82) is 0 Å². The van der Waals surface area contributed by atoms with Crippen LogP contribution in [0, 0.1) is 0 Å². The van der Waals surface area contributed by atoms with Crippen molar-refractivity contribution in [3.63, 3.8) is 0 Å². The Labute approximate surface area is 99.5 Å². The lowest BCUT2D eigenvalue weighted by atomic mass is 10.2. The monoisotopic (exact) mass is 235 g/mol. The lowest BCUT2D eigenvalue weighted by Gasteiger charge is -2.15. The summed E-state index contributed by atoms with van der Waals surface area (Å²) in [5, 5.41) is 0. The number of halogens is 1. The molecule has 16 heavy (non-hydrogen) atoms. The molecule has 1 aliphatic rings. The van der Waals surface area contributed by atoms with Gasteiger partial charge in [0.2, 0.25) is 0 Å². The summed E-state index contributed by atoms with van der Waals surface area (Å²) in [6.07, 6.45) is 8.77. The van der Waals surface area contributed by atoms with E-state index in [1.54, 1.807) is 0 Å². The molecule has 0 aromatic carbocycles. The molecule has 3 nitrogen and oxygen atoms in total. The SMILES string of the molecule is ClCc1nc2cnccc2n1C1CCCC1. The van der Waals surface area contributed by atoms with Crippen LogP contribution >= 0.6 is 11.6 Å². The second-order valence-electron chi connectivity index (χ2n) is 4.33. The highest BCUT2D eigenvalue weighted by molar-refractivity contribution is 6.16. The zero-order valence-electron chi connectivity index (χ0n) is 9.06. The molecule has 2 aromatic rings. The summed E-state index contributed by atoms with van der Waals surface area (Å²) < 4.78 is 2.32. The molecule has 0 spiro atoms. The molecule has 2 aromatic heterocycles. The van der Waals surface area contributed by atoms with E-state index >= 15 is 0 Å². The third kappa shape index (κ3) is 1.50. The largest absolute Gasteiger partial charge is 0.324 e. The van der Waals surface area contributed by atoms with Crippen LogP contribution in [-0.2, 0) is 5.88 Å². The van der Waals surface area contributed by atoms with Gasteiger partial charge in [0.05, 0.1) is 17.6 Å². The molecule has 3 rings (SSSR count). The Hall–Kier alpha value is -1.09. The quantitative estimate of drug-likeness (QED) is 0.748. The van der Waals surface area contributed by atoms with E-state index < -0.39 is 0 Å². The molecule has 0 N–H and O–H groups in total. The van der Waals surface area contributed by atoms with Gasteiger partial charge in [-0.2, -0.15) is 0 Å². The number of hydrogen-bond donors (Lipinski definition) is 0. The van der Waals surface area contributed by atoms with E-state index in [4.69, 9.17) is 11.6 Å². The average Bonchev–Trinajstić information content (AvgIpc) is 2.94. The molecule has 0 saturated heterocycles. The molecule has 0 aliphatic heterocycles. The maximum Gasteiger partial charge on any atom is 0.125 e. The van der Waals surface area contributed by atoms with Gasteiger partial charge < -0.3 is 4.57 Å². The topological polar surface area (TPSA) is 30.7 Å². The standard InChI is InChI=1S/C12H14ClN3/c13-7-12-15-10-8-14-6-5-11(10)16(12)9-3-1-2-4-9/h5-6,8-9H,1-4,7H2. The first-order valence-corrected chi connectivity index (χ1v) is 6.30. The van der Waals surface area contributed by atoms with Crippen LogP contribution < -0.4 is 0 Å². The van der Waals surface area contributed by atoms with Gasteiger partial charge in [-0.05, 0) is 18.9 Å². The summed E-state index contributed by atoms with van der Waals surface area (Å²) in [4.78, 5) is 8.65. The minimum absolute atomic E-state index is 0.477. The predicted octanol–water partition coefficient (Wildman–Crippen LogP) is 3.29. The average molecular weight is 236 g/mol. The van der Waals surface area contributed by atoms with Gasteiger partial charge in [-0.25, -0.2) is 4.98 Å². The summed E-state index contributed by atoms with van der Waals surface area (Å²) >= 11 is 5.98. The molecule has 1 saturated carbocycles. The summed E-state index contributed by atoms with van der Waals surface area (Å²) in [6.45, 7) is 0. The Morgan fingerprint density at radius 1 is 1.38 bits per heavy atom. The van der Waals surface area contributed by atoms with E-state index in [1.165, 1.54) is 31.2 Å². The zero-order chi connectivity index (χ0) is 11.0. The third-order valence-electron chi connectivity index (χ3n) is 3.37. The summed E-state index contributed by atoms with van der Waals surface area (Å²) in [6, 6.07) is 2.62. The van der Waals surface area contributed by atoms with Crippen molar-refractivity contribution in [2.75, 3.05) is 0 Å². The maximum absolute atomic E-state index is 5.98. The molecule has 0 atom stereocenters. The van der Waals surface area contributed by atoms with E-state index in [0.717, 1.165) is 11.3 Å². The summed E-state index contributed by atoms with van der Waals surface area (Å²) in [5.74, 6) is 1.46. The fourth-order valence-corrected chi connectivity index (χ4v) is 2.85. The highest BCUT2D eigenvalue weighted by atomic mass is 35.5. The Bertz CT molecular complexity index is 500. The van der Waals surface area contributed by atoms with Crippen LogP contribution in [0.4, 0.5) is 0 Å². The molecule has 0 unspecified atom stereocenters. The van der Waals surface area contributed by atoms with Gasteiger partial charge in [0.1, 0.15) is 11.3 Å². The van der Waals surface area contributed by atoms with Crippen molar-refractivity contribution >= 4 is 22.6 Å². The molecule has 2 heterocycles. The van der Waals surface area contributed by atoms with Crippen LogP contribution in [0.1, 0.15) is 37.5 Å². The first-order valence-electron chi connectivity index (χ1n) is 5.77. The fourth-order valence-electron chi connectivity index (χ4n) is 2.66. The van der Waals surface area contributed by atoms with E-state index in [1.807, 2.05) is 18.5 Å². The molecule has 0 bridgehead atoms. The Balaban J connectivity index is 2.18. The molecule has 84 valence electrons. The van der Waals surface area contributed by atoms with Crippen LogP contribution in [0.3, 0.4) is 0 Å². The van der Waals surface area contributed by atoms with Gasteiger partial charge in [-0.15, -0.1) is 11.6 Å². The van der Waals surface area contributed by atoms with Gasteiger partial charge in [0.15, 0.2) is 0 Å². The Morgan fingerprint density at radius 2 is 2.19 bits per heavy atom. The minimum Gasteiger partial charge on any atom is -0.324 e. The second-order valence-corrected chi connectivity index (χ2v) is 4.60. The molecular formula is C12H14ClN3. The van der Waals surface area contributed by atoms with E-state index in [0.29, 0.717) is 11.9 Å². The van der Waals surface area contributed by atoms with Crippen LogP contribution in [0.25, 0.3) is 11.0 Å². The van der Waals surface area contributed by atoms with Gasteiger partial charge in [0.25, 0.3) is 0 Å². The van der Waals surface area contributed by atoms with Gasteiger partial charge in [0, 0.05) is 12.2 Å². The van der Waals surface area contributed by atoms with Crippen molar-refractivity contribution < 1.29 is 0 Å². The van der Waals surface area contributed by atoms with Crippen molar-refractivity contribution in [1.82, 2.24) is 14.5 Å². The highest BCUT2D eigenvalue weighted by Gasteiger charge is 2.21. The van der Waals surface area contributed by atoms with Crippen LogP contribution in [-0.4, -0.2) is 14.5 Å². The Morgan fingerprint density at radius 3 is 2.94 bits per heavy atom. The molecule has 1 fully saturated rings. The summed E-state index contributed by atoms with van der Waals surface area (Å²) in [5.41, 5.74) is 2.14. The lowest BCUT2D eigenvalue weighted by molar-refractivity contribution is 0.518. The maximum atomic E-state index is 5.98. The normalized spacial score (nSPS) is 17.3. The zero-order valence-corrected chi connectivity index (χ0v) is 9.82. The number of hydrogen-bond acceptors (Lipinski definition) is 2. The minimum atomic E-state index is 0.477. The van der Waals surface area contributed by atoms with Crippen molar-refractivity contribution in [3.05, 3.63) is 24.3 Å². The number of aromatic nitrogens is 3. The number of alkyl halides is 1. The molecule has 0 amide bonds. The van der Waals surface area contributed by atoms with Crippen LogP contribution in [0.5, 0.6) is 0 Å². The lowest BCUT2D eigenvalue weighted by Crippen LogP contribution is -2.07. The molecular weight excluding hydrogens is 222 g/mol. The highest BCUT2D eigenvalue weighted by Crippen LogP contribution is 2.33. The van der Waals surface area contributed by atoms with E-state index in [2.05, 4.69) is 14.5 Å². The first kappa shape index (κ1) is 10.1. The number of nitrogens with zero attached hydrogens (tertiary/aromatic N) is 3. The van der Waals surface area contributed by atoms with E-state index in [9.17, 15) is 0 Å². The van der Waals surface area contributed by atoms with Gasteiger partial charge in [-0.3, -0.25) is 4.98 Å². The van der Waals surface area contributed by atoms with Crippen molar-refractivity contribution in [2.24, 2.45) is 0 Å². The van der Waals surface area contributed by atoms with Gasteiger partial charge >= 0.3 is 0 Å². The van der Waals surface area contributed by atoms with Crippen molar-refractivity contribution in [3.8, 4) is 0 Å². The van der Waals surface area contributed by atoms with Crippen molar-refractivity contribution in [2.45, 2.75) is 37.6 Å². The second kappa shape index (κ2) is 4.06. The molecule has 0 radical (unpaired) electrons. The number of pyridine rings is 1. The molecule has 4 heteroatoms. The summed E-state index contributed by atoms with van der Waals surface area (Å²) in [7, 11) is 0. The number of fused-ring (bicyclic) bond motifs is 1. The predicted molar refractivity (Wildman–Crippen MR) is 64.6 cm³/mol. The molecule has 1 aliphatic carbocycles. The van der Waals surface area contributed by atoms with Gasteiger partial charge in [-0.1, -0.05) is 12.8 Å². The fraction of sp³-hybridized carbons (Fsp3) is 0.500. The Kier molecular flexibility index (Phi) is 2.56. The number of imidazole rings is 1. The number of rotatable bonds is 2. The first-order chi connectivity index (χ1) is 7.90. The van der Waals surface area contributed by atoms with E-state index in [-0.39, 0.29) is 0 Å². The van der Waals surface area contributed by atoms with Crippen LogP contribution in [0.15, 0.2) is 18.5 Å². The smallest absolute Gasteiger partial charge is 0.125 e. The third-order valence-corrected chi connectivity index (χ3v) is 3.61.